The number of hydrogen-bond acceptors (Lipinski definition) is 2. The number of imidazole rings is 1. The lowest BCUT2D eigenvalue weighted by Gasteiger charge is -2.38. The number of H-pyrrole nitrogens is 1. The Morgan fingerprint density at radius 3 is 3.00 bits per heavy atom. The van der Waals surface area contributed by atoms with E-state index in [4.69, 9.17) is 0 Å². The normalized spacial score (nSPS) is 21.3. The molecule has 0 amide bonds. The number of piperidine rings is 1. The van der Waals surface area contributed by atoms with Crippen LogP contribution in [-0.2, 0) is 0 Å². The van der Waals surface area contributed by atoms with Gasteiger partial charge in [-0.05, 0) is 33.2 Å². The number of nitrogens with zero attached hydrogens (tertiary/aromatic N) is 2. The Bertz CT molecular complexity index is 626. The predicted octanol–water partition coefficient (Wildman–Crippen LogP) is 2.56. The number of nitrogens with one attached hydrogen (secondary N) is 1. The largest absolute Gasteiger partial charge is 0.342 e. The summed E-state index contributed by atoms with van der Waals surface area (Å²) in [7, 11) is 0. The lowest BCUT2D eigenvalue weighted by atomic mass is 9.98. The van der Waals surface area contributed by atoms with Crippen molar-refractivity contribution in [1.29, 1.82) is 0 Å². The van der Waals surface area contributed by atoms with Gasteiger partial charge in [0.1, 0.15) is 5.65 Å². The molecule has 2 aromatic rings. The first-order valence-electron chi connectivity index (χ1n) is 7.12. The Morgan fingerprint density at radius 1 is 1.37 bits per heavy atom. The van der Waals surface area contributed by atoms with E-state index in [0.29, 0.717) is 12.1 Å². The number of rotatable bonds is 2. The Kier molecular flexibility index (Phi) is 3.19. The van der Waals surface area contributed by atoms with E-state index in [0.717, 1.165) is 12.2 Å². The van der Waals surface area contributed by atoms with Gasteiger partial charge in [0.2, 0.25) is 0 Å². The van der Waals surface area contributed by atoms with Crippen molar-refractivity contribution in [1.82, 2.24) is 14.3 Å². The van der Waals surface area contributed by atoms with Crippen LogP contribution in [0, 0.1) is 0 Å². The molecular formula is C15H21N3O. The minimum Gasteiger partial charge on any atom is -0.342 e. The summed E-state index contributed by atoms with van der Waals surface area (Å²) >= 11 is 0. The molecule has 3 heterocycles. The molecule has 1 N–H and O–H groups in total. The highest BCUT2D eigenvalue weighted by molar-refractivity contribution is 5.40. The van der Waals surface area contributed by atoms with Crippen LogP contribution in [0.25, 0.3) is 5.65 Å². The van der Waals surface area contributed by atoms with E-state index >= 15 is 0 Å². The second-order valence-corrected chi connectivity index (χ2v) is 5.71. The van der Waals surface area contributed by atoms with Crippen molar-refractivity contribution < 1.29 is 0 Å². The molecule has 0 radical (unpaired) electrons. The summed E-state index contributed by atoms with van der Waals surface area (Å²) in [5, 5.41) is 0. The van der Waals surface area contributed by atoms with E-state index < -0.39 is 0 Å². The summed E-state index contributed by atoms with van der Waals surface area (Å²) in [6, 6.07) is 4.26. The highest BCUT2D eigenvalue weighted by Crippen LogP contribution is 2.31. The van der Waals surface area contributed by atoms with E-state index in [1.807, 2.05) is 10.6 Å². The molecule has 102 valence electrons. The van der Waals surface area contributed by atoms with E-state index in [1.165, 1.54) is 25.0 Å². The number of aromatic nitrogens is 2. The summed E-state index contributed by atoms with van der Waals surface area (Å²) in [6.45, 7) is 5.67. The fourth-order valence-electron chi connectivity index (χ4n) is 3.11. The number of pyridine rings is 1. The Labute approximate surface area is 113 Å². The minimum atomic E-state index is 0.0535. The van der Waals surface area contributed by atoms with Crippen LogP contribution in [0.5, 0.6) is 0 Å². The molecule has 0 aliphatic carbocycles. The zero-order chi connectivity index (χ0) is 13.4. The molecule has 0 bridgehead atoms. The van der Waals surface area contributed by atoms with E-state index in [-0.39, 0.29) is 5.43 Å². The first-order chi connectivity index (χ1) is 9.15. The third-order valence-electron chi connectivity index (χ3n) is 4.07. The van der Waals surface area contributed by atoms with Crippen LogP contribution >= 0.6 is 0 Å². The van der Waals surface area contributed by atoms with Gasteiger partial charge in [-0.2, -0.15) is 0 Å². The smallest absolute Gasteiger partial charge is 0.183 e. The second kappa shape index (κ2) is 4.85. The molecule has 0 spiro atoms. The minimum absolute atomic E-state index is 0.0535. The molecule has 1 aliphatic heterocycles. The van der Waals surface area contributed by atoms with Crippen molar-refractivity contribution in [2.24, 2.45) is 0 Å². The number of hydrogen-bond donors (Lipinski definition) is 1. The lowest BCUT2D eigenvalue weighted by Crippen LogP contribution is -2.38. The van der Waals surface area contributed by atoms with Crippen molar-refractivity contribution in [2.75, 3.05) is 6.54 Å². The van der Waals surface area contributed by atoms with E-state index in [2.05, 4.69) is 29.9 Å². The van der Waals surface area contributed by atoms with Gasteiger partial charge in [0, 0.05) is 30.6 Å². The number of aromatic amines is 1. The van der Waals surface area contributed by atoms with Gasteiger partial charge in [-0.25, -0.2) is 0 Å². The van der Waals surface area contributed by atoms with Gasteiger partial charge in [-0.1, -0.05) is 6.42 Å². The van der Waals surface area contributed by atoms with Gasteiger partial charge < -0.3 is 9.38 Å². The fourth-order valence-corrected chi connectivity index (χ4v) is 3.11. The van der Waals surface area contributed by atoms with Crippen LogP contribution < -0.4 is 5.43 Å². The molecule has 1 saturated heterocycles. The Morgan fingerprint density at radius 2 is 2.21 bits per heavy atom. The van der Waals surface area contributed by atoms with Gasteiger partial charge in [0.25, 0.3) is 0 Å². The molecule has 2 aromatic heterocycles. The van der Waals surface area contributed by atoms with Gasteiger partial charge in [-0.3, -0.25) is 9.69 Å². The Hall–Kier alpha value is -1.55. The standard InChI is InChI=1S/C15H21N3O/c1-11(2)18-7-4-3-5-14(18)13-10-17-8-6-12(19)9-15(17)16-13/h6,8-11,14,16H,3-5,7H2,1-2H3. The van der Waals surface area contributed by atoms with Crippen LogP contribution in [0.3, 0.4) is 0 Å². The van der Waals surface area contributed by atoms with Crippen LogP contribution in [-0.4, -0.2) is 26.9 Å². The quantitative estimate of drug-likeness (QED) is 0.900. The zero-order valence-corrected chi connectivity index (χ0v) is 11.6. The Balaban J connectivity index is 1.99. The van der Waals surface area contributed by atoms with Gasteiger partial charge in [-0.15, -0.1) is 0 Å². The summed E-state index contributed by atoms with van der Waals surface area (Å²) in [6.07, 6.45) is 7.71. The molecular weight excluding hydrogens is 238 g/mol. The third-order valence-corrected chi connectivity index (χ3v) is 4.07. The summed E-state index contributed by atoms with van der Waals surface area (Å²) in [5.41, 5.74) is 2.16. The zero-order valence-electron chi connectivity index (χ0n) is 11.6. The van der Waals surface area contributed by atoms with Gasteiger partial charge in [0.15, 0.2) is 5.43 Å². The molecule has 1 aliphatic rings. The predicted molar refractivity (Wildman–Crippen MR) is 76.5 cm³/mol. The monoisotopic (exact) mass is 259 g/mol. The molecule has 3 rings (SSSR count). The molecule has 1 unspecified atom stereocenters. The highest BCUT2D eigenvalue weighted by Gasteiger charge is 2.27. The molecule has 1 atom stereocenters. The van der Waals surface area contributed by atoms with Crippen molar-refractivity contribution in [3.8, 4) is 0 Å². The van der Waals surface area contributed by atoms with Crippen LogP contribution in [0.15, 0.2) is 29.3 Å². The molecule has 19 heavy (non-hydrogen) atoms. The molecule has 1 fully saturated rings. The summed E-state index contributed by atoms with van der Waals surface area (Å²) < 4.78 is 2.00. The van der Waals surface area contributed by atoms with Crippen molar-refractivity contribution >= 4 is 5.65 Å². The molecule has 0 saturated carbocycles. The maximum Gasteiger partial charge on any atom is 0.183 e. The number of likely N-dealkylation sites (tertiary alicyclic amines) is 1. The van der Waals surface area contributed by atoms with Crippen molar-refractivity contribution in [3.63, 3.8) is 0 Å². The molecule has 4 heteroatoms. The highest BCUT2D eigenvalue weighted by atomic mass is 16.1. The lowest BCUT2D eigenvalue weighted by molar-refractivity contribution is 0.109. The first-order valence-corrected chi connectivity index (χ1v) is 7.12. The summed E-state index contributed by atoms with van der Waals surface area (Å²) in [4.78, 5) is 17.4. The first kappa shape index (κ1) is 12.5. The average Bonchev–Trinajstić information content (AvgIpc) is 2.81. The average molecular weight is 259 g/mol. The third kappa shape index (κ3) is 2.32. The van der Waals surface area contributed by atoms with Crippen molar-refractivity contribution in [3.05, 3.63) is 40.4 Å². The van der Waals surface area contributed by atoms with Gasteiger partial charge >= 0.3 is 0 Å². The van der Waals surface area contributed by atoms with Crippen LogP contribution in [0.2, 0.25) is 0 Å². The van der Waals surface area contributed by atoms with E-state index in [9.17, 15) is 4.79 Å². The van der Waals surface area contributed by atoms with Crippen LogP contribution in [0.1, 0.15) is 44.8 Å². The van der Waals surface area contributed by atoms with E-state index in [1.54, 1.807) is 12.1 Å². The maximum atomic E-state index is 11.4. The fraction of sp³-hybridized carbons (Fsp3) is 0.533. The maximum absolute atomic E-state index is 11.4. The second-order valence-electron chi connectivity index (χ2n) is 5.71. The SMILES string of the molecule is CC(C)N1CCCCC1c1cn2ccc(=O)cc2[nH]1. The molecule has 0 aromatic carbocycles. The van der Waals surface area contributed by atoms with Crippen LogP contribution in [0.4, 0.5) is 0 Å². The summed E-state index contributed by atoms with van der Waals surface area (Å²) in [5.74, 6) is 0. The topological polar surface area (TPSA) is 40.5 Å². The molecule has 4 nitrogen and oxygen atoms in total. The van der Waals surface area contributed by atoms with Gasteiger partial charge in [0.05, 0.1) is 11.7 Å². The van der Waals surface area contributed by atoms with Crippen molar-refractivity contribution in [2.45, 2.75) is 45.2 Å². The number of fused-ring (bicyclic) bond motifs is 1.